The summed E-state index contributed by atoms with van der Waals surface area (Å²) in [6.45, 7) is 1.94. The highest BCUT2D eigenvalue weighted by Crippen LogP contribution is 2.42. The highest BCUT2D eigenvalue weighted by molar-refractivity contribution is 8.05. The molecule has 1 fully saturated rings. The van der Waals surface area contributed by atoms with Crippen molar-refractivity contribution in [3.63, 3.8) is 0 Å². The van der Waals surface area contributed by atoms with Gasteiger partial charge in [-0.25, -0.2) is 0 Å². The summed E-state index contributed by atoms with van der Waals surface area (Å²) in [6, 6.07) is 23.4. The first-order valence-corrected chi connectivity index (χ1v) is 12.0. The average Bonchev–Trinajstić information content (AvgIpc) is 3.13. The number of halogens is 2. The second kappa shape index (κ2) is 10.4. The molecule has 8 heteroatoms. The fourth-order valence-electron chi connectivity index (χ4n) is 3.53. The Kier molecular flexibility index (Phi) is 7.28. The van der Waals surface area contributed by atoms with E-state index in [9.17, 15) is 14.9 Å². The van der Waals surface area contributed by atoms with Crippen LogP contribution in [0.3, 0.4) is 0 Å². The SMILES string of the molecule is Cc1ccc(N2C(=O)[C@@H](Cc3ccccc3Cl)S/C2=C(\C#N)C(=O)Nc2ccccc2Cl)cc1. The van der Waals surface area contributed by atoms with Crippen molar-refractivity contribution in [3.8, 4) is 6.07 Å². The van der Waals surface area contributed by atoms with Crippen LogP contribution < -0.4 is 10.2 Å². The highest BCUT2D eigenvalue weighted by Gasteiger charge is 2.41. The predicted octanol–water partition coefficient (Wildman–Crippen LogP) is 6.37. The number of nitrogens with one attached hydrogen (secondary N) is 1. The molecule has 170 valence electrons. The van der Waals surface area contributed by atoms with Crippen LogP contribution in [0.2, 0.25) is 10.0 Å². The smallest absolute Gasteiger partial charge is 0.269 e. The molecule has 34 heavy (non-hydrogen) atoms. The molecule has 4 rings (SSSR count). The third-order valence-electron chi connectivity index (χ3n) is 5.28. The number of hydrogen-bond donors (Lipinski definition) is 1. The lowest BCUT2D eigenvalue weighted by molar-refractivity contribution is -0.117. The topological polar surface area (TPSA) is 73.2 Å². The van der Waals surface area contributed by atoms with Gasteiger partial charge >= 0.3 is 0 Å². The summed E-state index contributed by atoms with van der Waals surface area (Å²) in [5.74, 6) is -0.858. The molecule has 2 amide bonds. The van der Waals surface area contributed by atoms with Gasteiger partial charge in [-0.15, -0.1) is 0 Å². The predicted molar refractivity (Wildman–Crippen MR) is 138 cm³/mol. The van der Waals surface area contributed by atoms with E-state index in [2.05, 4.69) is 5.32 Å². The van der Waals surface area contributed by atoms with Gasteiger partial charge in [-0.3, -0.25) is 14.5 Å². The summed E-state index contributed by atoms with van der Waals surface area (Å²) in [5.41, 5.74) is 2.64. The van der Waals surface area contributed by atoms with Crippen LogP contribution in [-0.2, 0) is 16.0 Å². The van der Waals surface area contributed by atoms with Gasteiger partial charge in [0.2, 0.25) is 5.91 Å². The third kappa shape index (κ3) is 4.97. The van der Waals surface area contributed by atoms with Crippen molar-refractivity contribution < 1.29 is 9.59 Å². The van der Waals surface area contributed by atoms with Crippen molar-refractivity contribution in [1.29, 1.82) is 5.26 Å². The van der Waals surface area contributed by atoms with Crippen LogP contribution in [0.4, 0.5) is 11.4 Å². The number of nitriles is 1. The number of para-hydroxylation sites is 1. The zero-order valence-corrected chi connectivity index (χ0v) is 20.4. The Morgan fingerprint density at radius 1 is 1.03 bits per heavy atom. The molecule has 1 N–H and O–H groups in total. The summed E-state index contributed by atoms with van der Waals surface area (Å²) in [7, 11) is 0. The molecule has 5 nitrogen and oxygen atoms in total. The fraction of sp³-hybridized carbons (Fsp3) is 0.115. The Bertz CT molecular complexity index is 1330. The summed E-state index contributed by atoms with van der Waals surface area (Å²) in [4.78, 5) is 28.1. The van der Waals surface area contributed by atoms with Gasteiger partial charge in [-0.2, -0.15) is 5.26 Å². The molecule has 1 saturated heterocycles. The zero-order valence-electron chi connectivity index (χ0n) is 18.1. The molecular weight excluding hydrogens is 489 g/mol. The molecule has 0 bridgehead atoms. The van der Waals surface area contributed by atoms with Gasteiger partial charge in [-0.1, -0.05) is 83.0 Å². The molecule has 0 radical (unpaired) electrons. The molecule has 0 spiro atoms. The van der Waals surface area contributed by atoms with Crippen molar-refractivity contribution in [2.24, 2.45) is 0 Å². The summed E-state index contributed by atoms with van der Waals surface area (Å²) in [6.07, 6.45) is 0.361. The second-order valence-corrected chi connectivity index (χ2v) is 9.64. The summed E-state index contributed by atoms with van der Waals surface area (Å²) in [5, 5.41) is 13.3. The molecule has 1 atom stereocenters. The van der Waals surface area contributed by atoms with Crippen LogP contribution in [0.5, 0.6) is 0 Å². The van der Waals surface area contributed by atoms with Gasteiger partial charge in [0.05, 0.1) is 16.0 Å². The molecule has 0 unspecified atom stereocenters. The van der Waals surface area contributed by atoms with E-state index in [1.165, 1.54) is 16.7 Å². The first kappa shape index (κ1) is 23.9. The Balaban J connectivity index is 1.75. The monoisotopic (exact) mass is 507 g/mol. The van der Waals surface area contributed by atoms with Crippen molar-refractivity contribution in [2.45, 2.75) is 18.6 Å². The number of thioether (sulfide) groups is 1. The Morgan fingerprint density at radius 3 is 2.32 bits per heavy atom. The second-order valence-electron chi connectivity index (χ2n) is 7.64. The van der Waals surface area contributed by atoms with Gasteiger partial charge in [0.25, 0.3) is 5.91 Å². The molecular formula is C26H19Cl2N3O2S. The minimum absolute atomic E-state index is 0.166. The largest absolute Gasteiger partial charge is 0.320 e. The van der Waals surface area contributed by atoms with Crippen molar-refractivity contribution >= 4 is 58.2 Å². The maximum Gasteiger partial charge on any atom is 0.269 e. The van der Waals surface area contributed by atoms with Gasteiger partial charge < -0.3 is 5.32 Å². The normalized spacial score (nSPS) is 16.8. The molecule has 0 aromatic heterocycles. The lowest BCUT2D eigenvalue weighted by atomic mass is 10.1. The zero-order chi connectivity index (χ0) is 24.2. The number of benzene rings is 3. The summed E-state index contributed by atoms with van der Waals surface area (Å²) < 4.78 is 0. The highest BCUT2D eigenvalue weighted by atomic mass is 35.5. The average molecular weight is 508 g/mol. The van der Waals surface area contributed by atoms with Gasteiger partial charge in [0, 0.05) is 10.7 Å². The number of rotatable bonds is 5. The van der Waals surface area contributed by atoms with E-state index in [-0.39, 0.29) is 16.5 Å². The molecule has 1 aliphatic heterocycles. The van der Waals surface area contributed by atoms with Crippen molar-refractivity contribution in [1.82, 2.24) is 0 Å². The van der Waals surface area contributed by atoms with E-state index in [0.29, 0.717) is 27.8 Å². The van der Waals surface area contributed by atoms with E-state index in [4.69, 9.17) is 23.2 Å². The van der Waals surface area contributed by atoms with E-state index in [0.717, 1.165) is 11.1 Å². The lowest BCUT2D eigenvalue weighted by Gasteiger charge is -2.19. The van der Waals surface area contributed by atoms with E-state index < -0.39 is 11.2 Å². The van der Waals surface area contributed by atoms with Crippen LogP contribution >= 0.6 is 35.0 Å². The van der Waals surface area contributed by atoms with Crippen molar-refractivity contribution in [2.75, 3.05) is 10.2 Å². The molecule has 0 saturated carbocycles. The minimum Gasteiger partial charge on any atom is -0.320 e. The first-order chi connectivity index (χ1) is 16.4. The van der Waals surface area contributed by atoms with E-state index in [1.807, 2.05) is 43.3 Å². The minimum atomic E-state index is -0.638. The molecule has 3 aromatic rings. The number of hydrogen-bond acceptors (Lipinski definition) is 4. The quantitative estimate of drug-likeness (QED) is 0.321. The summed E-state index contributed by atoms with van der Waals surface area (Å²) >= 11 is 13.7. The Hall–Kier alpha value is -3.24. The molecule has 1 aliphatic rings. The number of carbonyl (C=O) groups excluding carboxylic acids is 2. The first-order valence-electron chi connectivity index (χ1n) is 10.4. The van der Waals surface area contributed by atoms with Gasteiger partial charge in [0.1, 0.15) is 16.7 Å². The number of aryl methyl sites for hydroxylation is 1. The standard InChI is InChI=1S/C26H19Cl2N3O2S/c1-16-10-12-18(13-11-16)31-25(33)23(14-17-6-2-3-7-20(17)27)34-26(31)19(15-29)24(32)30-22-9-5-4-8-21(22)28/h2-13,23H,14H2,1H3,(H,30,32)/b26-19+/t23-/m1/s1. The Morgan fingerprint density at radius 2 is 1.68 bits per heavy atom. The van der Waals surface area contributed by atoms with Gasteiger partial charge in [-0.05, 0) is 49.2 Å². The van der Waals surface area contributed by atoms with E-state index in [1.54, 1.807) is 42.5 Å². The third-order valence-corrected chi connectivity index (χ3v) is 7.24. The van der Waals surface area contributed by atoms with Crippen LogP contribution in [-0.4, -0.2) is 17.1 Å². The van der Waals surface area contributed by atoms with Gasteiger partial charge in [0.15, 0.2) is 0 Å². The molecule has 3 aromatic carbocycles. The maximum atomic E-state index is 13.5. The molecule has 0 aliphatic carbocycles. The van der Waals surface area contributed by atoms with Crippen LogP contribution in [0.15, 0.2) is 83.4 Å². The lowest BCUT2D eigenvalue weighted by Crippen LogP contribution is -2.31. The number of carbonyl (C=O) groups is 2. The number of nitrogens with zero attached hydrogens (tertiary/aromatic N) is 2. The Labute approximate surface area is 212 Å². The van der Waals surface area contributed by atoms with E-state index >= 15 is 0 Å². The number of amides is 2. The number of anilines is 2. The molecule has 1 heterocycles. The van der Waals surface area contributed by atoms with Crippen molar-refractivity contribution in [3.05, 3.63) is 105 Å². The van der Waals surface area contributed by atoms with Crippen LogP contribution in [0.1, 0.15) is 11.1 Å². The van der Waals surface area contributed by atoms with Crippen LogP contribution in [0, 0.1) is 18.3 Å². The maximum absolute atomic E-state index is 13.5. The fourth-order valence-corrected chi connectivity index (χ4v) is 5.22. The van der Waals surface area contributed by atoms with Crippen LogP contribution in [0.25, 0.3) is 0 Å².